The van der Waals surface area contributed by atoms with Crippen LogP contribution in [0.3, 0.4) is 0 Å². The van der Waals surface area contributed by atoms with Gasteiger partial charge in [0.05, 0.1) is 18.8 Å². The molecule has 0 saturated carbocycles. The predicted octanol–water partition coefficient (Wildman–Crippen LogP) is 4.39. The van der Waals surface area contributed by atoms with E-state index >= 15 is 0 Å². The summed E-state index contributed by atoms with van der Waals surface area (Å²) in [5, 5.41) is 6.81. The number of aliphatic imine (C=N–C) groups is 1. The molecule has 1 aromatic heterocycles. The molecule has 2 atom stereocenters. The normalized spacial score (nSPS) is 20.0. The summed E-state index contributed by atoms with van der Waals surface area (Å²) >= 11 is 0. The molecule has 0 radical (unpaired) electrons. The lowest BCUT2D eigenvalue weighted by atomic mass is 10.1. The van der Waals surface area contributed by atoms with E-state index in [-0.39, 0.29) is 30.0 Å². The minimum atomic E-state index is -0.806. The third-order valence-corrected chi connectivity index (χ3v) is 6.33. The fraction of sp³-hybridized carbons (Fsp3) is 0.542. The maximum atomic E-state index is 13.6. The number of anilines is 1. The zero-order chi connectivity index (χ0) is 22.3. The van der Waals surface area contributed by atoms with Gasteiger partial charge < -0.3 is 20.0 Å². The Balaban J connectivity index is 0.00000306. The highest BCUT2D eigenvalue weighted by Gasteiger charge is 2.26. The average Bonchev–Trinajstić information content (AvgIpc) is 3.57. The zero-order valence-electron chi connectivity index (χ0n) is 19.1. The van der Waals surface area contributed by atoms with Crippen LogP contribution in [-0.2, 0) is 0 Å². The van der Waals surface area contributed by atoms with Crippen molar-refractivity contribution < 1.29 is 13.2 Å². The van der Waals surface area contributed by atoms with Crippen LogP contribution in [0.15, 0.2) is 46.0 Å². The Morgan fingerprint density at radius 1 is 1.15 bits per heavy atom. The largest absolute Gasteiger partial charge is 0.468 e. The maximum Gasteiger partial charge on any atom is 0.191 e. The maximum absolute atomic E-state index is 13.6. The molecule has 0 aliphatic carbocycles. The van der Waals surface area contributed by atoms with E-state index in [1.165, 1.54) is 25.0 Å². The highest BCUT2D eigenvalue weighted by atomic mass is 127. The van der Waals surface area contributed by atoms with Gasteiger partial charge in [0.15, 0.2) is 17.6 Å². The summed E-state index contributed by atoms with van der Waals surface area (Å²) < 4.78 is 32.5. The standard InChI is InChI=1S/C24H33F2N5O.HI/c1-2-27-24(29-16-22(23-6-5-13-32-23)30-10-3-4-11-30)28-15-18-9-12-31(17-18)19-7-8-20(25)21(26)14-19;/h5-8,13-14,18,22H,2-4,9-12,15-17H2,1H3,(H2,27,28,29);1H. The summed E-state index contributed by atoms with van der Waals surface area (Å²) in [6.07, 6.45) is 5.16. The molecule has 6 nitrogen and oxygen atoms in total. The highest BCUT2D eigenvalue weighted by Crippen LogP contribution is 2.26. The van der Waals surface area contributed by atoms with E-state index in [0.717, 1.165) is 63.1 Å². The molecule has 2 aliphatic rings. The molecule has 4 rings (SSSR count). The second-order valence-electron chi connectivity index (χ2n) is 8.57. The van der Waals surface area contributed by atoms with Crippen molar-refractivity contribution in [2.75, 3.05) is 50.7 Å². The van der Waals surface area contributed by atoms with Crippen LogP contribution >= 0.6 is 24.0 Å². The fourth-order valence-electron chi connectivity index (χ4n) is 4.60. The molecule has 2 N–H and O–H groups in total. The van der Waals surface area contributed by atoms with E-state index in [1.807, 2.05) is 12.1 Å². The van der Waals surface area contributed by atoms with Crippen LogP contribution in [0.4, 0.5) is 14.5 Å². The van der Waals surface area contributed by atoms with Gasteiger partial charge in [-0.25, -0.2) is 8.78 Å². The van der Waals surface area contributed by atoms with Gasteiger partial charge in [0.25, 0.3) is 0 Å². The molecule has 9 heteroatoms. The number of nitrogens with one attached hydrogen (secondary N) is 2. The molecule has 2 fully saturated rings. The number of likely N-dealkylation sites (tertiary alicyclic amines) is 1. The minimum Gasteiger partial charge on any atom is -0.468 e. The minimum absolute atomic E-state index is 0. The van der Waals surface area contributed by atoms with Gasteiger partial charge in [-0.1, -0.05) is 0 Å². The monoisotopic (exact) mass is 573 g/mol. The average molecular weight is 573 g/mol. The van der Waals surface area contributed by atoms with E-state index < -0.39 is 11.6 Å². The predicted molar refractivity (Wildman–Crippen MR) is 138 cm³/mol. The number of furan rings is 1. The first-order valence-corrected chi connectivity index (χ1v) is 11.6. The van der Waals surface area contributed by atoms with Crippen LogP contribution in [0, 0.1) is 17.6 Å². The van der Waals surface area contributed by atoms with E-state index in [1.54, 1.807) is 12.3 Å². The van der Waals surface area contributed by atoms with Crippen molar-refractivity contribution in [1.29, 1.82) is 0 Å². The van der Waals surface area contributed by atoms with Gasteiger partial charge in [-0.15, -0.1) is 24.0 Å². The Morgan fingerprint density at radius 2 is 1.97 bits per heavy atom. The van der Waals surface area contributed by atoms with Crippen molar-refractivity contribution >= 4 is 35.6 Å². The Hall–Kier alpha value is -1.88. The molecule has 2 aromatic rings. The highest BCUT2D eigenvalue weighted by molar-refractivity contribution is 14.0. The van der Waals surface area contributed by atoms with Crippen LogP contribution in [-0.4, -0.2) is 56.7 Å². The van der Waals surface area contributed by atoms with Crippen molar-refractivity contribution in [3.05, 3.63) is 54.0 Å². The molecule has 1 aromatic carbocycles. The number of hydrogen-bond acceptors (Lipinski definition) is 4. The molecular weight excluding hydrogens is 539 g/mol. The Morgan fingerprint density at radius 3 is 2.67 bits per heavy atom. The van der Waals surface area contributed by atoms with Gasteiger partial charge in [-0.05, 0) is 69.5 Å². The Bertz CT molecular complexity index is 889. The number of nitrogens with zero attached hydrogens (tertiary/aromatic N) is 3. The van der Waals surface area contributed by atoms with Gasteiger partial charge in [0.1, 0.15) is 5.76 Å². The summed E-state index contributed by atoms with van der Waals surface area (Å²) in [5.41, 5.74) is 0.735. The molecule has 0 spiro atoms. The quantitative estimate of drug-likeness (QED) is 0.279. The molecule has 182 valence electrons. The molecule has 2 aliphatic heterocycles. The lowest BCUT2D eigenvalue weighted by molar-refractivity contribution is 0.221. The molecule has 0 amide bonds. The van der Waals surface area contributed by atoms with Gasteiger partial charge in [-0.2, -0.15) is 0 Å². The first-order valence-electron chi connectivity index (χ1n) is 11.6. The number of guanidine groups is 1. The van der Waals surface area contributed by atoms with Crippen molar-refractivity contribution in [3.8, 4) is 0 Å². The topological polar surface area (TPSA) is 56.0 Å². The molecule has 2 saturated heterocycles. The van der Waals surface area contributed by atoms with Crippen molar-refractivity contribution in [2.45, 2.75) is 32.2 Å². The lowest BCUT2D eigenvalue weighted by Gasteiger charge is -2.25. The molecule has 3 heterocycles. The number of rotatable bonds is 8. The number of benzene rings is 1. The summed E-state index contributed by atoms with van der Waals surface area (Å²) in [5.74, 6) is 0.569. The van der Waals surface area contributed by atoms with Crippen LogP contribution in [0.5, 0.6) is 0 Å². The third kappa shape index (κ3) is 6.81. The zero-order valence-corrected chi connectivity index (χ0v) is 21.4. The van der Waals surface area contributed by atoms with Crippen LogP contribution in [0.1, 0.15) is 38.0 Å². The first-order chi connectivity index (χ1) is 15.6. The second kappa shape index (κ2) is 12.5. The van der Waals surface area contributed by atoms with Crippen molar-refractivity contribution in [1.82, 2.24) is 15.5 Å². The van der Waals surface area contributed by atoms with Crippen molar-refractivity contribution in [2.24, 2.45) is 10.9 Å². The van der Waals surface area contributed by atoms with E-state index in [9.17, 15) is 8.78 Å². The number of hydrogen-bond donors (Lipinski definition) is 2. The molecule has 2 unspecified atom stereocenters. The molecule has 33 heavy (non-hydrogen) atoms. The number of halogens is 3. The van der Waals surface area contributed by atoms with Crippen molar-refractivity contribution in [3.63, 3.8) is 0 Å². The summed E-state index contributed by atoms with van der Waals surface area (Å²) in [4.78, 5) is 9.42. The van der Waals surface area contributed by atoms with E-state index in [0.29, 0.717) is 12.5 Å². The summed E-state index contributed by atoms with van der Waals surface area (Å²) in [7, 11) is 0. The first kappa shape index (κ1) is 25.7. The van der Waals surface area contributed by atoms with Crippen LogP contribution in [0.2, 0.25) is 0 Å². The van der Waals surface area contributed by atoms with E-state index in [2.05, 4.69) is 27.4 Å². The SMILES string of the molecule is CCNC(=NCC(c1ccco1)N1CCCC1)NCC1CCN(c2ccc(F)c(F)c2)C1.I. The van der Waals surface area contributed by atoms with E-state index in [4.69, 9.17) is 9.41 Å². The van der Waals surface area contributed by atoms with Gasteiger partial charge in [0.2, 0.25) is 0 Å². The Labute approximate surface area is 211 Å². The van der Waals surface area contributed by atoms with Crippen LogP contribution in [0.25, 0.3) is 0 Å². The van der Waals surface area contributed by atoms with Gasteiger partial charge in [-0.3, -0.25) is 9.89 Å². The van der Waals surface area contributed by atoms with Crippen LogP contribution < -0.4 is 15.5 Å². The molecular formula is C24H34F2IN5O. The summed E-state index contributed by atoms with van der Waals surface area (Å²) in [6, 6.07) is 8.24. The van der Waals surface area contributed by atoms with Gasteiger partial charge >= 0.3 is 0 Å². The third-order valence-electron chi connectivity index (χ3n) is 6.33. The molecule has 0 bridgehead atoms. The Kier molecular flexibility index (Phi) is 9.78. The second-order valence-corrected chi connectivity index (χ2v) is 8.57. The van der Waals surface area contributed by atoms with Gasteiger partial charge in [0, 0.05) is 37.9 Å². The fourth-order valence-corrected chi connectivity index (χ4v) is 4.60. The smallest absolute Gasteiger partial charge is 0.191 e. The summed E-state index contributed by atoms with van der Waals surface area (Å²) in [6.45, 7) is 8.05. The lowest BCUT2D eigenvalue weighted by Crippen LogP contribution is -2.41.